The zero-order valence-corrected chi connectivity index (χ0v) is 16.8. The Morgan fingerprint density at radius 3 is 2.45 bits per heavy atom. The van der Waals surface area contributed by atoms with Crippen molar-refractivity contribution in [2.45, 2.75) is 33.8 Å². The van der Waals surface area contributed by atoms with Gasteiger partial charge in [-0.3, -0.25) is 14.4 Å². The quantitative estimate of drug-likeness (QED) is 0.595. The van der Waals surface area contributed by atoms with Gasteiger partial charge in [-0.1, -0.05) is 6.07 Å². The molecule has 2 aromatic rings. The smallest absolute Gasteiger partial charge is 0.326 e. The summed E-state index contributed by atoms with van der Waals surface area (Å²) < 4.78 is 15.6. The van der Waals surface area contributed by atoms with Gasteiger partial charge >= 0.3 is 5.97 Å². The fraction of sp³-hybridized carbons (Fsp3) is 0.318. The van der Waals surface area contributed by atoms with Crippen molar-refractivity contribution in [1.82, 2.24) is 5.32 Å². The number of fused-ring (bicyclic) bond motifs is 1. The van der Waals surface area contributed by atoms with E-state index >= 15 is 0 Å². The van der Waals surface area contributed by atoms with Gasteiger partial charge < -0.3 is 19.5 Å². The molecule has 0 aliphatic carbocycles. The first-order valence-electron chi connectivity index (χ1n) is 9.25. The zero-order chi connectivity index (χ0) is 21.1. The van der Waals surface area contributed by atoms with Crippen molar-refractivity contribution >= 4 is 17.7 Å². The van der Waals surface area contributed by atoms with Crippen LogP contribution in [0.1, 0.15) is 44.3 Å². The Balaban J connectivity index is 1.55. The number of ketones is 1. The van der Waals surface area contributed by atoms with Crippen molar-refractivity contribution in [1.29, 1.82) is 0 Å². The molecule has 29 heavy (non-hydrogen) atoms. The Kier molecular flexibility index (Phi) is 5.87. The molecule has 0 aromatic heterocycles. The third-order valence-electron chi connectivity index (χ3n) is 4.81. The Morgan fingerprint density at radius 2 is 1.69 bits per heavy atom. The van der Waals surface area contributed by atoms with E-state index in [1.54, 1.807) is 18.2 Å². The van der Waals surface area contributed by atoms with Gasteiger partial charge in [0.25, 0.3) is 5.91 Å². The molecule has 1 atom stereocenters. The van der Waals surface area contributed by atoms with Crippen LogP contribution in [0.2, 0.25) is 0 Å². The average Bonchev–Trinajstić information content (AvgIpc) is 3.16. The minimum atomic E-state index is -0.953. The van der Waals surface area contributed by atoms with Crippen LogP contribution in [0.3, 0.4) is 0 Å². The van der Waals surface area contributed by atoms with E-state index in [0.717, 1.165) is 16.7 Å². The maximum Gasteiger partial charge on any atom is 0.326 e. The monoisotopic (exact) mass is 397 g/mol. The van der Waals surface area contributed by atoms with E-state index in [-0.39, 0.29) is 19.1 Å². The Labute approximate surface area is 169 Å². The number of amides is 1. The summed E-state index contributed by atoms with van der Waals surface area (Å²) in [4.78, 5) is 36.9. The molecule has 0 spiro atoms. The fourth-order valence-corrected chi connectivity index (χ4v) is 3.03. The van der Waals surface area contributed by atoms with E-state index in [4.69, 9.17) is 14.2 Å². The lowest BCUT2D eigenvalue weighted by Gasteiger charge is -2.15. The number of rotatable bonds is 6. The molecule has 1 aliphatic rings. The molecular formula is C22H23NO6. The van der Waals surface area contributed by atoms with Crippen LogP contribution in [-0.4, -0.2) is 37.1 Å². The van der Waals surface area contributed by atoms with Gasteiger partial charge in [0.1, 0.15) is 6.54 Å². The SMILES string of the molecule is Cc1cc(C)c(C(=O)C(C)OC(=O)CNC(=O)c2ccc3c(c2)OCO3)cc1C. The van der Waals surface area contributed by atoms with Crippen LogP contribution in [0.25, 0.3) is 0 Å². The van der Waals surface area contributed by atoms with Crippen LogP contribution >= 0.6 is 0 Å². The van der Waals surface area contributed by atoms with Crippen LogP contribution in [0.5, 0.6) is 11.5 Å². The zero-order valence-electron chi connectivity index (χ0n) is 16.8. The molecule has 2 aromatic carbocycles. The molecular weight excluding hydrogens is 374 g/mol. The number of hydrogen-bond donors (Lipinski definition) is 1. The number of benzene rings is 2. The number of carbonyl (C=O) groups excluding carboxylic acids is 3. The second-order valence-electron chi connectivity index (χ2n) is 7.00. The highest BCUT2D eigenvalue weighted by molar-refractivity contribution is 6.02. The number of Topliss-reactive ketones (excluding diaryl/α,β-unsaturated/α-hetero) is 1. The van der Waals surface area contributed by atoms with E-state index in [1.165, 1.54) is 13.0 Å². The van der Waals surface area contributed by atoms with Crippen molar-refractivity contribution in [3.05, 3.63) is 58.1 Å². The lowest BCUT2D eigenvalue weighted by Crippen LogP contribution is -2.34. The highest BCUT2D eigenvalue weighted by atomic mass is 16.7. The van der Waals surface area contributed by atoms with E-state index in [1.807, 2.05) is 26.8 Å². The van der Waals surface area contributed by atoms with Gasteiger partial charge in [0, 0.05) is 11.1 Å². The number of aryl methyl sites for hydroxylation is 3. The number of carbonyl (C=O) groups is 3. The molecule has 1 amide bonds. The summed E-state index contributed by atoms with van der Waals surface area (Å²) in [6.45, 7) is 7.03. The number of ether oxygens (including phenoxy) is 3. The number of nitrogens with one attached hydrogen (secondary N) is 1. The Bertz CT molecular complexity index is 982. The van der Waals surface area contributed by atoms with Crippen molar-refractivity contribution in [3.8, 4) is 11.5 Å². The molecule has 1 heterocycles. The maximum atomic E-state index is 12.6. The fourth-order valence-electron chi connectivity index (χ4n) is 3.03. The van der Waals surface area contributed by atoms with Crippen LogP contribution in [0, 0.1) is 20.8 Å². The van der Waals surface area contributed by atoms with Gasteiger partial charge in [-0.05, 0) is 68.7 Å². The van der Waals surface area contributed by atoms with Gasteiger partial charge in [0.2, 0.25) is 12.6 Å². The van der Waals surface area contributed by atoms with Crippen molar-refractivity contribution in [2.75, 3.05) is 13.3 Å². The summed E-state index contributed by atoms with van der Waals surface area (Å²) in [5.41, 5.74) is 3.77. The summed E-state index contributed by atoms with van der Waals surface area (Å²) in [5.74, 6) is -0.384. The Hall–Kier alpha value is -3.35. The predicted molar refractivity (Wildman–Crippen MR) is 105 cm³/mol. The third kappa shape index (κ3) is 4.56. The summed E-state index contributed by atoms with van der Waals surface area (Å²) in [6.07, 6.45) is -0.953. The average molecular weight is 397 g/mol. The van der Waals surface area contributed by atoms with Gasteiger partial charge in [0.05, 0.1) is 0 Å². The van der Waals surface area contributed by atoms with E-state index in [2.05, 4.69) is 5.32 Å². The Morgan fingerprint density at radius 1 is 1.00 bits per heavy atom. The first-order chi connectivity index (χ1) is 13.8. The molecule has 7 heteroatoms. The number of esters is 1. The molecule has 1 aliphatic heterocycles. The molecule has 152 valence electrons. The van der Waals surface area contributed by atoms with Crippen LogP contribution in [0.15, 0.2) is 30.3 Å². The van der Waals surface area contributed by atoms with Crippen molar-refractivity contribution < 1.29 is 28.6 Å². The largest absolute Gasteiger partial charge is 0.454 e. The molecule has 1 N–H and O–H groups in total. The van der Waals surface area contributed by atoms with Gasteiger partial charge in [-0.15, -0.1) is 0 Å². The van der Waals surface area contributed by atoms with Crippen molar-refractivity contribution in [3.63, 3.8) is 0 Å². The first-order valence-corrected chi connectivity index (χ1v) is 9.25. The van der Waals surface area contributed by atoms with E-state index in [0.29, 0.717) is 22.6 Å². The molecule has 0 radical (unpaired) electrons. The molecule has 7 nitrogen and oxygen atoms in total. The van der Waals surface area contributed by atoms with Crippen molar-refractivity contribution in [2.24, 2.45) is 0 Å². The van der Waals surface area contributed by atoms with Crippen LogP contribution in [-0.2, 0) is 9.53 Å². The molecule has 1 unspecified atom stereocenters. The maximum absolute atomic E-state index is 12.6. The topological polar surface area (TPSA) is 90.9 Å². The molecule has 0 saturated heterocycles. The minimum Gasteiger partial charge on any atom is -0.454 e. The first kappa shape index (κ1) is 20.4. The lowest BCUT2D eigenvalue weighted by molar-refractivity contribution is -0.145. The minimum absolute atomic E-state index is 0.110. The van der Waals surface area contributed by atoms with E-state index < -0.39 is 18.0 Å². The second kappa shape index (κ2) is 8.34. The van der Waals surface area contributed by atoms with Gasteiger partial charge in [-0.25, -0.2) is 0 Å². The molecule has 3 rings (SSSR count). The van der Waals surface area contributed by atoms with Crippen LogP contribution in [0.4, 0.5) is 0 Å². The highest BCUT2D eigenvalue weighted by Crippen LogP contribution is 2.32. The number of hydrogen-bond acceptors (Lipinski definition) is 6. The summed E-state index contributed by atoms with van der Waals surface area (Å²) >= 11 is 0. The summed E-state index contributed by atoms with van der Waals surface area (Å²) in [7, 11) is 0. The van der Waals surface area contributed by atoms with E-state index in [9.17, 15) is 14.4 Å². The van der Waals surface area contributed by atoms with Crippen LogP contribution < -0.4 is 14.8 Å². The second-order valence-corrected chi connectivity index (χ2v) is 7.00. The predicted octanol–water partition coefficient (Wildman–Crippen LogP) is 2.88. The third-order valence-corrected chi connectivity index (χ3v) is 4.81. The molecule has 0 saturated carbocycles. The molecule has 0 bridgehead atoms. The van der Waals surface area contributed by atoms with Gasteiger partial charge in [0.15, 0.2) is 17.6 Å². The standard InChI is InChI=1S/C22H23NO6/c1-12-7-14(3)17(8-13(12)2)21(25)15(4)29-20(24)10-23-22(26)16-5-6-18-19(9-16)28-11-27-18/h5-9,15H,10-11H2,1-4H3,(H,23,26). The lowest BCUT2D eigenvalue weighted by atomic mass is 9.96. The highest BCUT2D eigenvalue weighted by Gasteiger charge is 2.22. The normalized spacial score (nSPS) is 13.0. The summed E-state index contributed by atoms with van der Waals surface area (Å²) in [5, 5.41) is 2.48. The summed E-state index contributed by atoms with van der Waals surface area (Å²) in [6, 6.07) is 8.48. The molecule has 0 fully saturated rings. The van der Waals surface area contributed by atoms with Gasteiger partial charge in [-0.2, -0.15) is 0 Å².